The van der Waals surface area contributed by atoms with Gasteiger partial charge in [-0.3, -0.25) is 4.79 Å². The molecule has 0 spiro atoms. The number of hydrogen-bond donors (Lipinski definition) is 2. The number of amides is 1. The van der Waals surface area contributed by atoms with Crippen molar-refractivity contribution >= 4 is 23.6 Å². The number of carbonyl (C=O) groups excluding carboxylic acids is 2. The highest BCUT2D eigenvalue weighted by atomic mass is 32.2. The van der Waals surface area contributed by atoms with Crippen LogP contribution in [0.3, 0.4) is 0 Å². The van der Waals surface area contributed by atoms with E-state index in [-0.39, 0.29) is 11.6 Å². The van der Waals surface area contributed by atoms with Gasteiger partial charge in [0.2, 0.25) is 0 Å². The molecule has 5 nitrogen and oxygen atoms in total. The molecule has 0 bridgehead atoms. The van der Waals surface area contributed by atoms with Crippen LogP contribution in [0, 0.1) is 5.82 Å². The van der Waals surface area contributed by atoms with Gasteiger partial charge in [0.25, 0.3) is 5.91 Å². The third-order valence-corrected chi connectivity index (χ3v) is 4.49. The molecule has 0 aliphatic carbocycles. The number of aromatic hydroxyl groups is 1. The van der Waals surface area contributed by atoms with Crippen LogP contribution in [0.4, 0.5) is 4.39 Å². The lowest BCUT2D eigenvalue weighted by Crippen LogP contribution is -2.43. The molecule has 2 aromatic rings. The summed E-state index contributed by atoms with van der Waals surface area (Å²) in [5.74, 6) is -0.341. The third-order valence-electron chi connectivity index (χ3n) is 3.39. The van der Waals surface area contributed by atoms with Crippen molar-refractivity contribution in [2.45, 2.75) is 11.8 Å². The number of carbonyl (C=O) groups is 2. The minimum absolute atomic E-state index is 0.0518. The molecule has 0 aliphatic rings. The largest absolute Gasteiger partial charge is 0.508 e. The Kier molecular flexibility index (Phi) is 6.82. The zero-order chi connectivity index (χ0) is 18.2. The van der Waals surface area contributed by atoms with Gasteiger partial charge in [0.1, 0.15) is 17.6 Å². The van der Waals surface area contributed by atoms with Crippen LogP contribution < -0.4 is 5.32 Å². The number of rotatable bonds is 7. The maximum Gasteiger partial charge on any atom is 0.329 e. The quantitative estimate of drug-likeness (QED) is 0.740. The van der Waals surface area contributed by atoms with Gasteiger partial charge >= 0.3 is 5.97 Å². The molecule has 2 rings (SSSR count). The van der Waals surface area contributed by atoms with Gasteiger partial charge in [-0.25, -0.2) is 9.18 Å². The molecule has 2 aromatic carbocycles. The van der Waals surface area contributed by atoms with Crippen molar-refractivity contribution in [1.82, 2.24) is 5.32 Å². The second-order valence-electron chi connectivity index (χ2n) is 5.24. The fraction of sp³-hybridized carbons (Fsp3) is 0.222. The molecule has 1 atom stereocenters. The minimum Gasteiger partial charge on any atom is -0.508 e. The van der Waals surface area contributed by atoms with E-state index in [2.05, 4.69) is 5.32 Å². The molecule has 0 fully saturated rings. The summed E-state index contributed by atoms with van der Waals surface area (Å²) in [6, 6.07) is 11.0. The predicted molar refractivity (Wildman–Crippen MR) is 93.9 cm³/mol. The number of benzene rings is 2. The molecule has 0 heterocycles. The van der Waals surface area contributed by atoms with Gasteiger partial charge in [-0.2, -0.15) is 11.8 Å². The Bertz CT molecular complexity index is 719. The van der Waals surface area contributed by atoms with Crippen LogP contribution in [-0.4, -0.2) is 35.9 Å². The molecular formula is C18H18FNO4S. The normalized spacial score (nSPS) is 11.6. The number of ether oxygens (including phenoxy) is 1. The van der Waals surface area contributed by atoms with Crippen molar-refractivity contribution < 1.29 is 23.8 Å². The number of halogens is 1. The zero-order valence-corrected chi connectivity index (χ0v) is 14.4. The number of thioether (sulfide) groups is 1. The molecule has 0 unspecified atom stereocenters. The van der Waals surface area contributed by atoms with E-state index < -0.39 is 17.9 Å². The van der Waals surface area contributed by atoms with Gasteiger partial charge in [0, 0.05) is 17.1 Å². The van der Waals surface area contributed by atoms with Crippen LogP contribution in [0.2, 0.25) is 0 Å². The van der Waals surface area contributed by atoms with Crippen LogP contribution in [0.5, 0.6) is 5.75 Å². The van der Waals surface area contributed by atoms with E-state index in [1.165, 1.54) is 55.3 Å². The van der Waals surface area contributed by atoms with Crippen molar-refractivity contribution in [2.75, 3.05) is 12.9 Å². The lowest BCUT2D eigenvalue weighted by atomic mass is 10.2. The average Bonchev–Trinajstić information content (AvgIpc) is 2.62. The lowest BCUT2D eigenvalue weighted by Gasteiger charge is -2.16. The summed E-state index contributed by atoms with van der Waals surface area (Å²) in [4.78, 5) is 24.1. The molecule has 0 radical (unpaired) electrons. The molecule has 132 valence electrons. The second kappa shape index (κ2) is 9.08. The lowest BCUT2D eigenvalue weighted by molar-refractivity contribution is -0.142. The first-order chi connectivity index (χ1) is 12.0. The maximum absolute atomic E-state index is 12.9. The van der Waals surface area contributed by atoms with E-state index in [4.69, 9.17) is 4.74 Å². The topological polar surface area (TPSA) is 75.6 Å². The molecule has 0 saturated heterocycles. The molecule has 1 amide bonds. The summed E-state index contributed by atoms with van der Waals surface area (Å²) in [5.41, 5.74) is 1.25. The van der Waals surface area contributed by atoms with Crippen LogP contribution in [-0.2, 0) is 15.3 Å². The Balaban J connectivity index is 1.93. The summed E-state index contributed by atoms with van der Waals surface area (Å²) in [6.07, 6.45) is 0. The average molecular weight is 363 g/mol. The summed E-state index contributed by atoms with van der Waals surface area (Å²) < 4.78 is 17.6. The van der Waals surface area contributed by atoms with E-state index in [1.807, 2.05) is 0 Å². The molecular weight excluding hydrogens is 345 g/mol. The van der Waals surface area contributed by atoms with Gasteiger partial charge in [-0.05, 0) is 42.0 Å². The van der Waals surface area contributed by atoms with Crippen LogP contribution >= 0.6 is 11.8 Å². The van der Waals surface area contributed by atoms with Crippen LogP contribution in [0.1, 0.15) is 15.9 Å². The van der Waals surface area contributed by atoms with E-state index in [0.717, 1.165) is 5.56 Å². The minimum atomic E-state index is -0.809. The first-order valence-electron chi connectivity index (χ1n) is 7.49. The Labute approximate surface area is 149 Å². The zero-order valence-electron chi connectivity index (χ0n) is 13.6. The molecule has 25 heavy (non-hydrogen) atoms. The monoisotopic (exact) mass is 363 g/mol. The van der Waals surface area contributed by atoms with Crippen molar-refractivity contribution in [3.63, 3.8) is 0 Å². The molecule has 0 saturated carbocycles. The van der Waals surface area contributed by atoms with Gasteiger partial charge in [0.15, 0.2) is 0 Å². The number of nitrogens with one attached hydrogen (secondary N) is 1. The number of hydrogen-bond acceptors (Lipinski definition) is 5. The second-order valence-corrected chi connectivity index (χ2v) is 6.27. The van der Waals surface area contributed by atoms with Crippen molar-refractivity contribution in [1.29, 1.82) is 0 Å². The Morgan fingerprint density at radius 1 is 1.16 bits per heavy atom. The van der Waals surface area contributed by atoms with Gasteiger partial charge in [-0.1, -0.05) is 12.1 Å². The number of phenolic OH excluding ortho intramolecular Hbond substituents is 1. The highest BCUT2D eigenvalue weighted by Crippen LogP contribution is 2.15. The highest BCUT2D eigenvalue weighted by molar-refractivity contribution is 7.98. The Hall–Kier alpha value is -2.54. The van der Waals surface area contributed by atoms with E-state index in [0.29, 0.717) is 17.1 Å². The standard InChI is InChI=1S/C18H18FNO4S/c1-24-18(23)16(11-25-10-12-2-6-14(19)7-3-12)20-17(22)13-4-8-15(21)9-5-13/h2-9,16,21H,10-11H2,1H3,(H,20,22)/t16-/m0/s1. The van der Waals surface area contributed by atoms with Crippen LogP contribution in [0.15, 0.2) is 48.5 Å². The van der Waals surface area contributed by atoms with Crippen molar-refractivity contribution in [3.8, 4) is 5.75 Å². The predicted octanol–water partition coefficient (Wildman–Crippen LogP) is 2.74. The molecule has 0 aromatic heterocycles. The number of methoxy groups -OCH3 is 1. The fourth-order valence-electron chi connectivity index (χ4n) is 2.04. The fourth-order valence-corrected chi connectivity index (χ4v) is 3.04. The molecule has 7 heteroatoms. The Morgan fingerprint density at radius 3 is 2.40 bits per heavy atom. The third kappa shape index (κ3) is 5.79. The number of esters is 1. The van der Waals surface area contributed by atoms with Crippen molar-refractivity contribution in [2.24, 2.45) is 0 Å². The smallest absolute Gasteiger partial charge is 0.329 e. The van der Waals surface area contributed by atoms with E-state index in [9.17, 15) is 19.1 Å². The van der Waals surface area contributed by atoms with Gasteiger partial charge < -0.3 is 15.2 Å². The van der Waals surface area contributed by atoms with Gasteiger partial charge in [0.05, 0.1) is 7.11 Å². The molecule has 0 aliphatic heterocycles. The summed E-state index contributed by atoms with van der Waals surface area (Å²) in [6.45, 7) is 0. The summed E-state index contributed by atoms with van der Waals surface area (Å²) in [5, 5.41) is 11.9. The first-order valence-corrected chi connectivity index (χ1v) is 8.65. The van der Waals surface area contributed by atoms with Gasteiger partial charge in [-0.15, -0.1) is 0 Å². The molecule has 2 N–H and O–H groups in total. The maximum atomic E-state index is 12.9. The van der Waals surface area contributed by atoms with Crippen molar-refractivity contribution in [3.05, 3.63) is 65.5 Å². The van der Waals surface area contributed by atoms with Crippen LogP contribution in [0.25, 0.3) is 0 Å². The summed E-state index contributed by atoms with van der Waals surface area (Å²) in [7, 11) is 1.26. The first kappa shape index (κ1) is 18.8. The van der Waals surface area contributed by atoms with E-state index in [1.54, 1.807) is 12.1 Å². The van der Waals surface area contributed by atoms with E-state index >= 15 is 0 Å². The highest BCUT2D eigenvalue weighted by Gasteiger charge is 2.22. The Morgan fingerprint density at radius 2 is 1.80 bits per heavy atom. The summed E-state index contributed by atoms with van der Waals surface area (Å²) >= 11 is 1.43. The number of phenols is 1. The SMILES string of the molecule is COC(=O)[C@H](CSCc1ccc(F)cc1)NC(=O)c1ccc(O)cc1.